The molecule has 0 aliphatic carbocycles. The maximum atomic E-state index is 11.6. The lowest BCUT2D eigenvalue weighted by Gasteiger charge is -2.36. The molecular formula is C20H20N4O6. The van der Waals surface area contributed by atoms with Gasteiger partial charge in [0.15, 0.2) is 0 Å². The van der Waals surface area contributed by atoms with Crippen molar-refractivity contribution in [3.63, 3.8) is 0 Å². The minimum absolute atomic E-state index is 0.0404. The van der Waals surface area contributed by atoms with Gasteiger partial charge in [-0.3, -0.25) is 20.2 Å². The van der Waals surface area contributed by atoms with E-state index in [4.69, 9.17) is 0 Å². The summed E-state index contributed by atoms with van der Waals surface area (Å²) < 4.78 is 4.52. The monoisotopic (exact) mass is 412 g/mol. The van der Waals surface area contributed by atoms with Crippen molar-refractivity contribution in [1.29, 1.82) is 0 Å². The number of anilines is 2. The molecule has 10 heteroatoms. The zero-order valence-corrected chi connectivity index (χ0v) is 16.3. The number of carbonyl (C=O) groups excluding carboxylic acids is 1. The van der Waals surface area contributed by atoms with Gasteiger partial charge in [-0.25, -0.2) is 4.79 Å². The molecule has 1 heterocycles. The van der Waals surface area contributed by atoms with Gasteiger partial charge < -0.3 is 14.5 Å². The van der Waals surface area contributed by atoms with Crippen LogP contribution in [0.25, 0.3) is 6.08 Å². The molecule has 10 nitrogen and oxygen atoms in total. The van der Waals surface area contributed by atoms with E-state index in [9.17, 15) is 25.0 Å². The number of rotatable bonds is 6. The summed E-state index contributed by atoms with van der Waals surface area (Å²) in [4.78, 5) is 37.0. The summed E-state index contributed by atoms with van der Waals surface area (Å²) in [7, 11) is 1.25. The molecule has 0 spiro atoms. The number of piperazine rings is 1. The number of benzene rings is 2. The molecule has 0 amide bonds. The summed E-state index contributed by atoms with van der Waals surface area (Å²) in [5.41, 5.74) is 1.49. The van der Waals surface area contributed by atoms with Crippen molar-refractivity contribution in [2.24, 2.45) is 0 Å². The van der Waals surface area contributed by atoms with Gasteiger partial charge in [0.05, 0.1) is 17.0 Å². The molecule has 0 bridgehead atoms. The van der Waals surface area contributed by atoms with Crippen LogP contribution in [0.15, 0.2) is 48.5 Å². The summed E-state index contributed by atoms with van der Waals surface area (Å²) in [6, 6.07) is 11.3. The highest BCUT2D eigenvalue weighted by molar-refractivity contribution is 5.87. The molecule has 0 atom stereocenters. The lowest BCUT2D eigenvalue weighted by Crippen LogP contribution is -2.46. The van der Waals surface area contributed by atoms with Crippen LogP contribution < -0.4 is 9.80 Å². The van der Waals surface area contributed by atoms with E-state index in [1.165, 1.54) is 31.4 Å². The SMILES string of the molecule is COC(=O)/C=C/c1ccc(N2CCN(c3ccccc3[N+](=O)[O-])CC2)c([N+](=O)[O-])c1. The van der Waals surface area contributed by atoms with Crippen LogP contribution in [0.4, 0.5) is 22.7 Å². The number of nitrogens with zero attached hydrogens (tertiary/aromatic N) is 4. The van der Waals surface area contributed by atoms with Crippen LogP contribution in [-0.4, -0.2) is 49.1 Å². The van der Waals surface area contributed by atoms with Gasteiger partial charge in [0.1, 0.15) is 11.4 Å². The van der Waals surface area contributed by atoms with E-state index in [1.807, 2.05) is 9.80 Å². The topological polar surface area (TPSA) is 119 Å². The minimum Gasteiger partial charge on any atom is -0.466 e. The number of hydrogen-bond acceptors (Lipinski definition) is 8. The standard InChI is InChI=1S/C20H20N4O6/c1-30-20(25)9-7-15-6-8-17(19(14-15)24(28)29)22-12-10-21(11-13-22)16-4-2-3-5-18(16)23(26)27/h2-9,14H,10-13H2,1H3/b9-7+. The molecule has 2 aromatic rings. The lowest BCUT2D eigenvalue weighted by atomic mass is 10.1. The number of esters is 1. The van der Waals surface area contributed by atoms with E-state index in [-0.39, 0.29) is 11.4 Å². The Morgan fingerprint density at radius 3 is 2.07 bits per heavy atom. The van der Waals surface area contributed by atoms with Crippen molar-refractivity contribution in [3.05, 3.63) is 74.3 Å². The number of nitro benzene ring substituents is 2. The fourth-order valence-electron chi connectivity index (χ4n) is 3.36. The predicted molar refractivity (Wildman–Crippen MR) is 112 cm³/mol. The zero-order chi connectivity index (χ0) is 21.7. The molecule has 1 aliphatic heterocycles. The van der Waals surface area contributed by atoms with Crippen molar-refractivity contribution in [1.82, 2.24) is 0 Å². The summed E-state index contributed by atoms with van der Waals surface area (Å²) in [6.07, 6.45) is 2.65. The maximum absolute atomic E-state index is 11.6. The minimum atomic E-state index is -0.548. The Balaban J connectivity index is 1.78. The fourth-order valence-corrected chi connectivity index (χ4v) is 3.36. The maximum Gasteiger partial charge on any atom is 0.330 e. The highest BCUT2D eigenvalue weighted by atomic mass is 16.6. The average molecular weight is 412 g/mol. The van der Waals surface area contributed by atoms with Crippen molar-refractivity contribution in [3.8, 4) is 0 Å². The Bertz CT molecular complexity index is 999. The molecule has 1 fully saturated rings. The summed E-state index contributed by atoms with van der Waals surface area (Å²) >= 11 is 0. The zero-order valence-electron chi connectivity index (χ0n) is 16.3. The Morgan fingerprint density at radius 2 is 1.50 bits per heavy atom. The van der Waals surface area contributed by atoms with Crippen LogP contribution in [0.5, 0.6) is 0 Å². The van der Waals surface area contributed by atoms with Gasteiger partial charge in [-0.15, -0.1) is 0 Å². The van der Waals surface area contributed by atoms with Crippen LogP contribution in [0, 0.1) is 20.2 Å². The number of methoxy groups -OCH3 is 1. The van der Waals surface area contributed by atoms with Gasteiger partial charge in [-0.05, 0) is 23.8 Å². The molecule has 30 heavy (non-hydrogen) atoms. The molecule has 2 aromatic carbocycles. The van der Waals surface area contributed by atoms with E-state index in [1.54, 1.807) is 30.3 Å². The van der Waals surface area contributed by atoms with E-state index in [2.05, 4.69) is 4.74 Å². The second-order valence-corrected chi connectivity index (χ2v) is 6.58. The highest BCUT2D eigenvalue weighted by Crippen LogP contribution is 2.33. The number of para-hydroxylation sites is 2. The van der Waals surface area contributed by atoms with Gasteiger partial charge in [-0.2, -0.15) is 0 Å². The lowest BCUT2D eigenvalue weighted by molar-refractivity contribution is -0.384. The van der Waals surface area contributed by atoms with Crippen LogP contribution >= 0.6 is 0 Å². The van der Waals surface area contributed by atoms with Gasteiger partial charge in [0.2, 0.25) is 0 Å². The van der Waals surface area contributed by atoms with E-state index < -0.39 is 15.8 Å². The molecule has 0 aromatic heterocycles. The van der Waals surface area contributed by atoms with Gasteiger partial charge >= 0.3 is 5.97 Å². The summed E-state index contributed by atoms with van der Waals surface area (Å²) in [5.74, 6) is -0.548. The van der Waals surface area contributed by atoms with Crippen LogP contribution in [0.3, 0.4) is 0 Å². The Labute approximate surface area is 172 Å². The van der Waals surface area contributed by atoms with Crippen LogP contribution in [-0.2, 0) is 9.53 Å². The molecule has 1 aliphatic rings. The first-order valence-electron chi connectivity index (χ1n) is 9.18. The van der Waals surface area contributed by atoms with Crippen LogP contribution in [0.1, 0.15) is 5.56 Å². The molecule has 0 saturated carbocycles. The first-order valence-corrected chi connectivity index (χ1v) is 9.18. The van der Waals surface area contributed by atoms with Crippen LogP contribution in [0.2, 0.25) is 0 Å². The Hall–Kier alpha value is -3.95. The third-order valence-electron chi connectivity index (χ3n) is 4.85. The number of nitro groups is 2. The Morgan fingerprint density at radius 1 is 0.933 bits per heavy atom. The molecule has 1 saturated heterocycles. The van der Waals surface area contributed by atoms with Gasteiger partial charge in [-0.1, -0.05) is 18.2 Å². The number of hydrogen-bond donors (Lipinski definition) is 0. The fraction of sp³-hybridized carbons (Fsp3) is 0.250. The average Bonchev–Trinajstić information content (AvgIpc) is 2.77. The third kappa shape index (κ3) is 4.54. The highest BCUT2D eigenvalue weighted by Gasteiger charge is 2.26. The number of carbonyl (C=O) groups is 1. The third-order valence-corrected chi connectivity index (χ3v) is 4.85. The molecule has 156 valence electrons. The smallest absolute Gasteiger partial charge is 0.330 e. The molecule has 0 N–H and O–H groups in total. The largest absolute Gasteiger partial charge is 0.466 e. The van der Waals surface area contributed by atoms with Gasteiger partial charge in [0.25, 0.3) is 11.4 Å². The van der Waals surface area contributed by atoms with E-state index in [0.29, 0.717) is 43.1 Å². The molecular weight excluding hydrogens is 392 g/mol. The molecule has 0 unspecified atom stereocenters. The quantitative estimate of drug-likeness (QED) is 0.307. The summed E-state index contributed by atoms with van der Waals surface area (Å²) in [6.45, 7) is 1.94. The number of ether oxygens (including phenoxy) is 1. The van der Waals surface area contributed by atoms with E-state index >= 15 is 0 Å². The molecule has 3 rings (SSSR count). The van der Waals surface area contributed by atoms with E-state index in [0.717, 1.165) is 0 Å². The summed E-state index contributed by atoms with van der Waals surface area (Å²) in [5, 5.41) is 22.9. The Kier molecular flexibility index (Phi) is 6.26. The van der Waals surface area contributed by atoms with Crippen molar-refractivity contribution in [2.45, 2.75) is 0 Å². The second-order valence-electron chi connectivity index (χ2n) is 6.58. The first kappa shape index (κ1) is 20.8. The normalized spacial score (nSPS) is 14.0. The second kappa shape index (κ2) is 9.03. The van der Waals surface area contributed by atoms with Crippen molar-refractivity contribution >= 4 is 34.8 Å². The van der Waals surface area contributed by atoms with Crippen molar-refractivity contribution < 1.29 is 19.4 Å². The first-order chi connectivity index (χ1) is 14.4. The molecule has 0 radical (unpaired) electrons. The van der Waals surface area contributed by atoms with Gasteiger partial charge in [0, 0.05) is 44.4 Å². The van der Waals surface area contributed by atoms with Crippen molar-refractivity contribution in [2.75, 3.05) is 43.1 Å². The predicted octanol–water partition coefficient (Wildman–Crippen LogP) is 3.02.